The number of ether oxygens (including phenoxy) is 2. The van der Waals surface area contributed by atoms with Crippen LogP contribution in [0.25, 0.3) is 0 Å². The molecule has 7 nitrogen and oxygen atoms in total. The van der Waals surface area contributed by atoms with Gasteiger partial charge in [-0.05, 0) is 18.1 Å². The lowest BCUT2D eigenvalue weighted by atomic mass is 10.0. The quantitative estimate of drug-likeness (QED) is 0.738. The molecule has 1 unspecified atom stereocenters. The Bertz CT molecular complexity index is 508. The summed E-state index contributed by atoms with van der Waals surface area (Å²) < 4.78 is 10.3. The van der Waals surface area contributed by atoms with Crippen molar-refractivity contribution in [1.82, 2.24) is 10.8 Å². The minimum atomic E-state index is -0.718. The highest BCUT2D eigenvalue weighted by Crippen LogP contribution is 2.22. The Kier molecular flexibility index (Phi) is 6.65. The van der Waals surface area contributed by atoms with Gasteiger partial charge in [0, 0.05) is 11.6 Å². The second-order valence-electron chi connectivity index (χ2n) is 4.97. The van der Waals surface area contributed by atoms with E-state index in [1.165, 1.54) is 21.3 Å². The topological polar surface area (TPSA) is 85.9 Å². The molecule has 0 aliphatic heterocycles. The van der Waals surface area contributed by atoms with Crippen molar-refractivity contribution in [2.75, 3.05) is 21.3 Å². The summed E-state index contributed by atoms with van der Waals surface area (Å²) in [6.07, 6.45) is 0. The minimum Gasteiger partial charge on any atom is -0.497 e. The van der Waals surface area contributed by atoms with Crippen LogP contribution >= 0.6 is 0 Å². The van der Waals surface area contributed by atoms with Crippen LogP contribution in [0.15, 0.2) is 18.2 Å². The van der Waals surface area contributed by atoms with Crippen LogP contribution in [0.4, 0.5) is 0 Å². The molecule has 0 bridgehead atoms. The highest BCUT2D eigenvalue weighted by molar-refractivity contribution is 5.98. The van der Waals surface area contributed by atoms with E-state index < -0.39 is 17.9 Å². The second-order valence-corrected chi connectivity index (χ2v) is 4.97. The zero-order chi connectivity index (χ0) is 16.7. The number of carbonyl (C=O) groups excluding carboxylic acids is 2. The average Bonchev–Trinajstić information content (AvgIpc) is 2.51. The standard InChI is InChI=1S/C15H22N2O5/c1-9(2)13(15(19)17-22-5)16-14(18)10-6-11(20-3)8-12(7-10)21-4/h6-9,13H,1-5H3,(H,16,18)(H,17,19). The van der Waals surface area contributed by atoms with Crippen LogP contribution in [0.3, 0.4) is 0 Å². The average molecular weight is 310 g/mol. The van der Waals surface area contributed by atoms with Gasteiger partial charge < -0.3 is 14.8 Å². The summed E-state index contributed by atoms with van der Waals surface area (Å²) in [5.41, 5.74) is 2.57. The molecule has 0 heterocycles. The van der Waals surface area contributed by atoms with Crippen molar-refractivity contribution in [2.24, 2.45) is 5.92 Å². The fourth-order valence-corrected chi connectivity index (χ4v) is 1.86. The fourth-order valence-electron chi connectivity index (χ4n) is 1.86. The van der Waals surface area contributed by atoms with E-state index in [0.717, 1.165) is 0 Å². The summed E-state index contributed by atoms with van der Waals surface area (Å²) in [4.78, 5) is 28.9. The van der Waals surface area contributed by atoms with Crippen LogP contribution in [0.2, 0.25) is 0 Å². The Balaban J connectivity index is 2.96. The number of hydrogen-bond donors (Lipinski definition) is 2. The Morgan fingerprint density at radius 3 is 1.95 bits per heavy atom. The van der Waals surface area contributed by atoms with Gasteiger partial charge in [-0.3, -0.25) is 14.4 Å². The van der Waals surface area contributed by atoms with Gasteiger partial charge in [0.05, 0.1) is 21.3 Å². The van der Waals surface area contributed by atoms with E-state index >= 15 is 0 Å². The SMILES string of the molecule is CONC(=O)C(NC(=O)c1cc(OC)cc(OC)c1)C(C)C. The molecule has 7 heteroatoms. The summed E-state index contributed by atoms with van der Waals surface area (Å²) in [5, 5.41) is 2.68. The molecule has 1 aromatic rings. The third-order valence-corrected chi connectivity index (χ3v) is 3.05. The molecule has 2 amide bonds. The molecule has 0 saturated heterocycles. The van der Waals surface area contributed by atoms with E-state index in [0.29, 0.717) is 17.1 Å². The van der Waals surface area contributed by atoms with E-state index in [1.54, 1.807) is 18.2 Å². The summed E-state index contributed by atoms with van der Waals surface area (Å²) in [6.45, 7) is 3.65. The van der Waals surface area contributed by atoms with E-state index in [-0.39, 0.29) is 5.92 Å². The van der Waals surface area contributed by atoms with Crippen LogP contribution in [0.5, 0.6) is 11.5 Å². The third-order valence-electron chi connectivity index (χ3n) is 3.05. The zero-order valence-electron chi connectivity index (χ0n) is 13.4. The van der Waals surface area contributed by atoms with E-state index in [9.17, 15) is 9.59 Å². The lowest BCUT2D eigenvalue weighted by Gasteiger charge is -2.21. The van der Waals surface area contributed by atoms with Crippen molar-refractivity contribution >= 4 is 11.8 Å². The number of amides is 2. The van der Waals surface area contributed by atoms with Crippen molar-refractivity contribution in [1.29, 1.82) is 0 Å². The lowest BCUT2D eigenvalue weighted by Crippen LogP contribution is -2.49. The highest BCUT2D eigenvalue weighted by atomic mass is 16.6. The Labute approximate surface area is 129 Å². The van der Waals surface area contributed by atoms with Crippen LogP contribution < -0.4 is 20.3 Å². The van der Waals surface area contributed by atoms with Crippen LogP contribution in [-0.4, -0.2) is 39.2 Å². The number of methoxy groups -OCH3 is 2. The number of hydroxylamine groups is 1. The molecule has 0 aliphatic rings. The molecule has 1 aromatic carbocycles. The Morgan fingerprint density at radius 1 is 1.00 bits per heavy atom. The fraction of sp³-hybridized carbons (Fsp3) is 0.467. The molecule has 0 aromatic heterocycles. The first-order valence-corrected chi connectivity index (χ1v) is 6.79. The molecular formula is C15H22N2O5. The number of carbonyl (C=O) groups is 2. The van der Waals surface area contributed by atoms with E-state index in [4.69, 9.17) is 9.47 Å². The molecule has 1 atom stereocenters. The molecular weight excluding hydrogens is 288 g/mol. The largest absolute Gasteiger partial charge is 0.497 e. The number of rotatable bonds is 7. The molecule has 122 valence electrons. The highest BCUT2D eigenvalue weighted by Gasteiger charge is 2.25. The van der Waals surface area contributed by atoms with Crippen LogP contribution in [0, 0.1) is 5.92 Å². The molecule has 0 fully saturated rings. The first-order chi connectivity index (χ1) is 10.4. The summed E-state index contributed by atoms with van der Waals surface area (Å²) in [6, 6.07) is 4.09. The maximum Gasteiger partial charge on any atom is 0.266 e. The normalized spacial score (nSPS) is 11.7. The van der Waals surface area contributed by atoms with Gasteiger partial charge in [-0.2, -0.15) is 0 Å². The number of benzene rings is 1. The molecule has 0 radical (unpaired) electrons. The molecule has 1 rings (SSSR count). The molecule has 2 N–H and O–H groups in total. The predicted octanol–water partition coefficient (Wildman–Crippen LogP) is 1.14. The van der Waals surface area contributed by atoms with Gasteiger partial charge in [0.1, 0.15) is 17.5 Å². The molecule has 22 heavy (non-hydrogen) atoms. The van der Waals surface area contributed by atoms with Gasteiger partial charge in [-0.1, -0.05) is 13.8 Å². The number of nitrogens with one attached hydrogen (secondary N) is 2. The van der Waals surface area contributed by atoms with Gasteiger partial charge in [0.2, 0.25) is 0 Å². The van der Waals surface area contributed by atoms with Crippen molar-refractivity contribution in [3.8, 4) is 11.5 Å². The number of hydrogen-bond acceptors (Lipinski definition) is 5. The zero-order valence-corrected chi connectivity index (χ0v) is 13.4. The van der Waals surface area contributed by atoms with Gasteiger partial charge in [-0.15, -0.1) is 0 Å². The summed E-state index contributed by atoms with van der Waals surface area (Å²) in [5.74, 6) is 0.0633. The maximum absolute atomic E-state index is 12.4. The summed E-state index contributed by atoms with van der Waals surface area (Å²) >= 11 is 0. The molecule has 0 aliphatic carbocycles. The van der Waals surface area contributed by atoms with Crippen molar-refractivity contribution in [3.63, 3.8) is 0 Å². The molecule has 0 spiro atoms. The predicted molar refractivity (Wildman–Crippen MR) is 80.8 cm³/mol. The third kappa shape index (κ3) is 4.63. The minimum absolute atomic E-state index is 0.105. The Hall–Kier alpha value is -2.28. The van der Waals surface area contributed by atoms with Crippen molar-refractivity contribution < 1.29 is 23.9 Å². The maximum atomic E-state index is 12.4. The first-order valence-electron chi connectivity index (χ1n) is 6.79. The smallest absolute Gasteiger partial charge is 0.266 e. The monoisotopic (exact) mass is 310 g/mol. The van der Waals surface area contributed by atoms with E-state index in [2.05, 4.69) is 15.6 Å². The first kappa shape index (κ1) is 17.8. The van der Waals surface area contributed by atoms with Crippen LogP contribution in [-0.2, 0) is 9.63 Å². The molecule has 0 saturated carbocycles. The van der Waals surface area contributed by atoms with Gasteiger partial charge in [0.25, 0.3) is 11.8 Å². The summed E-state index contributed by atoms with van der Waals surface area (Å²) in [7, 11) is 4.34. The van der Waals surface area contributed by atoms with Gasteiger partial charge in [-0.25, -0.2) is 5.48 Å². The van der Waals surface area contributed by atoms with Gasteiger partial charge in [0.15, 0.2) is 0 Å². The second kappa shape index (κ2) is 8.23. The Morgan fingerprint density at radius 2 is 1.55 bits per heavy atom. The van der Waals surface area contributed by atoms with Crippen LogP contribution in [0.1, 0.15) is 24.2 Å². The van der Waals surface area contributed by atoms with Crippen molar-refractivity contribution in [3.05, 3.63) is 23.8 Å². The lowest BCUT2D eigenvalue weighted by molar-refractivity contribution is -0.134. The van der Waals surface area contributed by atoms with Crippen molar-refractivity contribution in [2.45, 2.75) is 19.9 Å². The van der Waals surface area contributed by atoms with Gasteiger partial charge >= 0.3 is 0 Å². The van der Waals surface area contributed by atoms with E-state index in [1.807, 2.05) is 13.8 Å².